The van der Waals surface area contributed by atoms with Crippen LogP contribution in [-0.2, 0) is 0 Å². The molecule has 1 aliphatic heterocycles. The number of aliphatic hydroxyl groups excluding tert-OH is 1. The molecule has 2 rings (SSSR count). The van der Waals surface area contributed by atoms with Gasteiger partial charge >= 0.3 is 0 Å². The van der Waals surface area contributed by atoms with Crippen molar-refractivity contribution in [3.8, 4) is 5.75 Å². The van der Waals surface area contributed by atoms with Crippen LogP contribution in [0.4, 0.5) is 0 Å². The van der Waals surface area contributed by atoms with Crippen LogP contribution in [0.5, 0.6) is 5.75 Å². The maximum absolute atomic E-state index is 9.70. The van der Waals surface area contributed by atoms with Gasteiger partial charge in [0.2, 0.25) is 0 Å². The number of ether oxygens (including phenoxy) is 1. The van der Waals surface area contributed by atoms with Crippen LogP contribution in [0.2, 0.25) is 0 Å². The number of hydrogen-bond donors (Lipinski definition) is 2. The van der Waals surface area contributed by atoms with Gasteiger partial charge in [-0.25, -0.2) is 0 Å². The summed E-state index contributed by atoms with van der Waals surface area (Å²) in [6, 6.07) is 5.91. The summed E-state index contributed by atoms with van der Waals surface area (Å²) >= 11 is 3.56. The third-order valence-electron chi connectivity index (χ3n) is 3.33. The maximum atomic E-state index is 9.70. The number of halogens is 1. The highest BCUT2D eigenvalue weighted by Gasteiger charge is 2.23. The first-order chi connectivity index (χ1) is 8.76. The zero-order valence-electron chi connectivity index (χ0n) is 10.5. The molecule has 0 radical (unpaired) electrons. The van der Waals surface area contributed by atoms with Crippen molar-refractivity contribution >= 4 is 15.9 Å². The van der Waals surface area contributed by atoms with Crippen molar-refractivity contribution < 1.29 is 9.84 Å². The average molecular weight is 315 g/mol. The molecular formula is C13H19BrN2O2. The Bertz CT molecular complexity index is 395. The second kappa shape index (κ2) is 6.52. The first kappa shape index (κ1) is 13.8. The van der Waals surface area contributed by atoms with Crippen molar-refractivity contribution in [2.75, 3.05) is 39.9 Å². The lowest BCUT2D eigenvalue weighted by molar-refractivity contribution is 0.110. The van der Waals surface area contributed by atoms with E-state index in [0.29, 0.717) is 0 Å². The molecule has 1 aromatic rings. The SMILES string of the molecule is COc1ccc(Br)c([C@H](CO)N2CCNCC2)c1. The molecule has 0 bridgehead atoms. The summed E-state index contributed by atoms with van der Waals surface area (Å²) in [5.41, 5.74) is 1.08. The zero-order chi connectivity index (χ0) is 13.0. The summed E-state index contributed by atoms with van der Waals surface area (Å²) in [5.74, 6) is 0.821. The molecule has 1 saturated heterocycles. The predicted molar refractivity (Wildman–Crippen MR) is 75.0 cm³/mol. The fourth-order valence-corrected chi connectivity index (χ4v) is 2.82. The Hall–Kier alpha value is -0.620. The second-order valence-electron chi connectivity index (χ2n) is 4.37. The van der Waals surface area contributed by atoms with Crippen molar-refractivity contribution in [2.45, 2.75) is 6.04 Å². The first-order valence-electron chi connectivity index (χ1n) is 6.15. The highest BCUT2D eigenvalue weighted by molar-refractivity contribution is 9.10. The Kier molecular flexibility index (Phi) is 5.00. The Balaban J connectivity index is 2.25. The molecule has 1 atom stereocenters. The van der Waals surface area contributed by atoms with Gasteiger partial charge in [0, 0.05) is 30.7 Å². The molecule has 1 heterocycles. The molecule has 0 unspecified atom stereocenters. The molecule has 5 heteroatoms. The minimum absolute atomic E-state index is 0.0246. The third-order valence-corrected chi connectivity index (χ3v) is 4.05. The summed E-state index contributed by atoms with van der Waals surface area (Å²) in [5, 5.41) is 13.0. The van der Waals surface area contributed by atoms with Crippen LogP contribution < -0.4 is 10.1 Å². The largest absolute Gasteiger partial charge is 0.497 e. The Morgan fingerprint density at radius 2 is 2.17 bits per heavy atom. The number of nitrogens with one attached hydrogen (secondary N) is 1. The lowest BCUT2D eigenvalue weighted by Gasteiger charge is -2.34. The van der Waals surface area contributed by atoms with Crippen molar-refractivity contribution in [1.29, 1.82) is 0 Å². The van der Waals surface area contributed by atoms with Crippen LogP contribution in [0.1, 0.15) is 11.6 Å². The normalized spacial score (nSPS) is 18.6. The van der Waals surface area contributed by atoms with Crippen LogP contribution in [0.25, 0.3) is 0 Å². The molecule has 100 valence electrons. The van der Waals surface area contributed by atoms with Crippen LogP contribution >= 0.6 is 15.9 Å². The molecule has 4 nitrogen and oxygen atoms in total. The molecule has 0 aromatic heterocycles. The lowest BCUT2D eigenvalue weighted by atomic mass is 10.0. The van der Waals surface area contributed by atoms with E-state index < -0.39 is 0 Å². The number of hydrogen-bond acceptors (Lipinski definition) is 4. The number of rotatable bonds is 4. The van der Waals surface area contributed by atoms with Gasteiger partial charge < -0.3 is 15.2 Å². The highest BCUT2D eigenvalue weighted by atomic mass is 79.9. The molecular weight excluding hydrogens is 296 g/mol. The van der Waals surface area contributed by atoms with E-state index in [4.69, 9.17) is 4.74 Å². The van der Waals surface area contributed by atoms with Gasteiger partial charge in [-0.3, -0.25) is 4.90 Å². The van der Waals surface area contributed by atoms with Gasteiger partial charge in [0.25, 0.3) is 0 Å². The van der Waals surface area contributed by atoms with E-state index >= 15 is 0 Å². The standard InChI is InChI=1S/C13H19BrN2O2/c1-18-10-2-3-12(14)11(8-10)13(9-17)16-6-4-15-5-7-16/h2-3,8,13,15,17H,4-7,9H2,1H3/t13-/m0/s1. The number of aliphatic hydroxyl groups is 1. The van der Waals surface area contributed by atoms with Gasteiger partial charge in [0.05, 0.1) is 19.8 Å². The third kappa shape index (κ3) is 3.03. The van der Waals surface area contributed by atoms with E-state index in [1.807, 2.05) is 18.2 Å². The summed E-state index contributed by atoms with van der Waals surface area (Å²) < 4.78 is 6.27. The average Bonchev–Trinajstić information content (AvgIpc) is 2.43. The van der Waals surface area contributed by atoms with Crippen LogP contribution in [0.3, 0.4) is 0 Å². The van der Waals surface area contributed by atoms with Gasteiger partial charge in [-0.05, 0) is 23.8 Å². The Labute approximate surface area is 116 Å². The van der Waals surface area contributed by atoms with Crippen molar-refractivity contribution in [3.05, 3.63) is 28.2 Å². The van der Waals surface area contributed by atoms with E-state index in [0.717, 1.165) is 42.0 Å². The van der Waals surface area contributed by atoms with E-state index in [1.165, 1.54) is 0 Å². The Morgan fingerprint density at radius 3 is 2.78 bits per heavy atom. The molecule has 18 heavy (non-hydrogen) atoms. The number of piperazine rings is 1. The van der Waals surface area contributed by atoms with E-state index in [2.05, 4.69) is 26.1 Å². The minimum atomic E-state index is 0.0246. The molecule has 2 N–H and O–H groups in total. The van der Waals surface area contributed by atoms with Crippen LogP contribution in [-0.4, -0.2) is 49.9 Å². The number of benzene rings is 1. The van der Waals surface area contributed by atoms with Crippen molar-refractivity contribution in [1.82, 2.24) is 10.2 Å². The quantitative estimate of drug-likeness (QED) is 0.881. The van der Waals surface area contributed by atoms with Gasteiger partial charge in [-0.1, -0.05) is 15.9 Å². The first-order valence-corrected chi connectivity index (χ1v) is 6.94. The van der Waals surface area contributed by atoms with Crippen molar-refractivity contribution in [2.24, 2.45) is 0 Å². The second-order valence-corrected chi connectivity index (χ2v) is 5.23. The van der Waals surface area contributed by atoms with Crippen LogP contribution in [0.15, 0.2) is 22.7 Å². The van der Waals surface area contributed by atoms with Gasteiger partial charge in [-0.15, -0.1) is 0 Å². The molecule has 0 saturated carbocycles. The molecule has 1 aliphatic rings. The fourth-order valence-electron chi connectivity index (χ4n) is 2.31. The fraction of sp³-hybridized carbons (Fsp3) is 0.538. The van der Waals surface area contributed by atoms with Gasteiger partial charge in [-0.2, -0.15) is 0 Å². The zero-order valence-corrected chi connectivity index (χ0v) is 12.1. The van der Waals surface area contributed by atoms with E-state index in [-0.39, 0.29) is 12.6 Å². The highest BCUT2D eigenvalue weighted by Crippen LogP contribution is 2.31. The monoisotopic (exact) mass is 314 g/mol. The smallest absolute Gasteiger partial charge is 0.119 e. The predicted octanol–water partition coefficient (Wildman–Crippen LogP) is 1.40. The summed E-state index contributed by atoms with van der Waals surface area (Å²) in [7, 11) is 1.66. The molecule has 0 aliphatic carbocycles. The molecule has 0 amide bonds. The molecule has 0 spiro atoms. The number of nitrogens with zero attached hydrogens (tertiary/aromatic N) is 1. The maximum Gasteiger partial charge on any atom is 0.119 e. The number of methoxy groups -OCH3 is 1. The molecule has 1 aromatic carbocycles. The van der Waals surface area contributed by atoms with E-state index in [1.54, 1.807) is 7.11 Å². The summed E-state index contributed by atoms with van der Waals surface area (Å²) in [4.78, 5) is 2.30. The van der Waals surface area contributed by atoms with E-state index in [9.17, 15) is 5.11 Å². The van der Waals surface area contributed by atoms with Crippen molar-refractivity contribution in [3.63, 3.8) is 0 Å². The lowest BCUT2D eigenvalue weighted by Crippen LogP contribution is -2.46. The topological polar surface area (TPSA) is 44.7 Å². The van der Waals surface area contributed by atoms with Gasteiger partial charge in [0.1, 0.15) is 5.75 Å². The van der Waals surface area contributed by atoms with Gasteiger partial charge in [0.15, 0.2) is 0 Å². The minimum Gasteiger partial charge on any atom is -0.497 e. The Morgan fingerprint density at radius 1 is 1.44 bits per heavy atom. The summed E-state index contributed by atoms with van der Waals surface area (Å²) in [6.07, 6.45) is 0. The molecule has 1 fully saturated rings. The van der Waals surface area contributed by atoms with Crippen LogP contribution in [0, 0.1) is 0 Å². The summed E-state index contributed by atoms with van der Waals surface area (Å²) in [6.45, 7) is 3.96.